The Hall–Kier alpha value is -1.65. The summed E-state index contributed by atoms with van der Waals surface area (Å²) < 4.78 is 6.28. The molecule has 0 aromatic heterocycles. The standard InChI is InChI=1S/C19H21NO3/c1-10(21)12-4-3-11-9-14-13-5-6-15(22)18-19(13,7-8-20(14)2)16(11)17(12)23-18/h3-6,13-15,18,22H,7-9H2,1-2H3/t13-,14-,15+,18+,19+/m1/s1. The van der Waals surface area contributed by atoms with Gasteiger partial charge in [0.15, 0.2) is 5.78 Å². The number of likely N-dealkylation sites (N-methyl/N-ethyl adjacent to an activating group) is 1. The van der Waals surface area contributed by atoms with Crippen LogP contribution in [0.5, 0.6) is 5.75 Å². The molecule has 2 aliphatic carbocycles. The number of hydrogen-bond donors (Lipinski definition) is 1. The van der Waals surface area contributed by atoms with Crippen LogP contribution in [0.15, 0.2) is 24.3 Å². The monoisotopic (exact) mass is 311 g/mol. The van der Waals surface area contributed by atoms with E-state index in [4.69, 9.17) is 4.74 Å². The van der Waals surface area contributed by atoms with Gasteiger partial charge in [-0.05, 0) is 45.0 Å². The summed E-state index contributed by atoms with van der Waals surface area (Å²) in [5.41, 5.74) is 3.01. The number of Topliss-reactive ketones (excluding diaryl/α,β-unsaturated/α-hetero) is 1. The Bertz CT molecular complexity index is 755. The zero-order chi connectivity index (χ0) is 15.9. The Kier molecular flexibility index (Phi) is 2.54. The van der Waals surface area contributed by atoms with E-state index in [-0.39, 0.29) is 17.3 Å². The summed E-state index contributed by atoms with van der Waals surface area (Å²) in [5, 5.41) is 10.6. The molecule has 0 saturated carbocycles. The van der Waals surface area contributed by atoms with Crippen LogP contribution >= 0.6 is 0 Å². The van der Waals surface area contributed by atoms with Gasteiger partial charge in [0, 0.05) is 22.9 Å². The van der Waals surface area contributed by atoms with Crippen LogP contribution in [0, 0.1) is 5.92 Å². The smallest absolute Gasteiger partial charge is 0.163 e. The summed E-state index contributed by atoms with van der Waals surface area (Å²) in [6, 6.07) is 4.46. The van der Waals surface area contributed by atoms with E-state index in [2.05, 4.69) is 24.1 Å². The normalized spacial score (nSPS) is 39.8. The lowest BCUT2D eigenvalue weighted by molar-refractivity contribution is -0.0451. The maximum absolute atomic E-state index is 12.1. The number of benzene rings is 1. The molecule has 5 rings (SSSR count). The quantitative estimate of drug-likeness (QED) is 0.633. The average Bonchev–Trinajstić information content (AvgIpc) is 2.87. The Morgan fingerprint density at radius 2 is 2.22 bits per heavy atom. The molecule has 0 amide bonds. The van der Waals surface area contributed by atoms with Crippen LogP contribution < -0.4 is 4.74 Å². The number of ether oxygens (including phenoxy) is 1. The molecule has 5 atom stereocenters. The van der Waals surface area contributed by atoms with Crippen molar-refractivity contribution in [2.45, 2.75) is 43.4 Å². The van der Waals surface area contributed by atoms with Crippen molar-refractivity contribution in [1.82, 2.24) is 4.90 Å². The van der Waals surface area contributed by atoms with Gasteiger partial charge in [-0.1, -0.05) is 18.2 Å². The van der Waals surface area contributed by atoms with Crippen LogP contribution in [0.2, 0.25) is 0 Å². The Morgan fingerprint density at radius 1 is 1.39 bits per heavy atom. The number of aliphatic hydroxyl groups excluding tert-OH is 1. The molecule has 4 heteroatoms. The summed E-state index contributed by atoms with van der Waals surface area (Å²) in [5.74, 6) is 1.13. The predicted octanol–water partition coefficient (Wildman–Crippen LogP) is 1.70. The number of carbonyl (C=O) groups excluding carboxylic acids is 1. The minimum Gasteiger partial charge on any atom is -0.485 e. The van der Waals surface area contributed by atoms with Gasteiger partial charge in [0.25, 0.3) is 0 Å². The molecule has 0 radical (unpaired) electrons. The summed E-state index contributed by atoms with van der Waals surface area (Å²) in [7, 11) is 2.19. The summed E-state index contributed by atoms with van der Waals surface area (Å²) in [6.07, 6.45) is 5.18. The first-order valence-corrected chi connectivity index (χ1v) is 8.44. The third-order valence-corrected chi connectivity index (χ3v) is 6.55. The molecule has 23 heavy (non-hydrogen) atoms. The molecule has 4 aliphatic rings. The second-order valence-corrected chi connectivity index (χ2v) is 7.51. The Balaban J connectivity index is 1.83. The number of ketones is 1. The molecule has 4 nitrogen and oxygen atoms in total. The lowest BCUT2D eigenvalue weighted by Gasteiger charge is -2.56. The van der Waals surface area contributed by atoms with Crippen LogP contribution in [-0.2, 0) is 11.8 Å². The number of hydrogen-bond acceptors (Lipinski definition) is 4. The van der Waals surface area contributed by atoms with E-state index in [9.17, 15) is 9.90 Å². The van der Waals surface area contributed by atoms with E-state index < -0.39 is 6.10 Å². The molecule has 2 bridgehead atoms. The first-order valence-electron chi connectivity index (χ1n) is 8.44. The van der Waals surface area contributed by atoms with Crippen molar-refractivity contribution in [3.63, 3.8) is 0 Å². The highest BCUT2D eigenvalue weighted by Crippen LogP contribution is 2.61. The molecule has 1 saturated heterocycles. The van der Waals surface area contributed by atoms with E-state index in [1.807, 2.05) is 12.1 Å². The predicted molar refractivity (Wildman–Crippen MR) is 85.9 cm³/mol. The largest absolute Gasteiger partial charge is 0.485 e. The first-order chi connectivity index (χ1) is 11.0. The molecule has 1 spiro atoms. The Labute approximate surface area is 135 Å². The SMILES string of the molecule is CC(=O)c1ccc2c3c1O[C@H]1[C@@H](O)C=C[C@@H]4[C@@H](C2)N(C)CC[C@@]341. The van der Waals surface area contributed by atoms with Gasteiger partial charge in [0.05, 0.1) is 5.56 Å². The van der Waals surface area contributed by atoms with Crippen LogP contribution in [-0.4, -0.2) is 47.6 Å². The lowest BCUT2D eigenvalue weighted by atomic mass is 9.53. The van der Waals surface area contributed by atoms with E-state index in [1.54, 1.807) is 6.92 Å². The number of likely N-dealkylation sites (tertiary alicyclic amines) is 1. The highest BCUT2D eigenvalue weighted by atomic mass is 16.5. The zero-order valence-corrected chi connectivity index (χ0v) is 13.5. The van der Waals surface area contributed by atoms with Crippen LogP contribution in [0.1, 0.15) is 34.8 Å². The summed E-state index contributed by atoms with van der Waals surface area (Å²) in [4.78, 5) is 14.5. The zero-order valence-electron chi connectivity index (χ0n) is 13.5. The molecule has 1 aromatic rings. The number of carbonyl (C=O) groups is 1. The van der Waals surface area contributed by atoms with Crippen molar-refractivity contribution in [2.75, 3.05) is 13.6 Å². The van der Waals surface area contributed by atoms with Crippen molar-refractivity contribution < 1.29 is 14.6 Å². The minimum atomic E-state index is -0.603. The fourth-order valence-corrected chi connectivity index (χ4v) is 5.53. The van der Waals surface area contributed by atoms with Gasteiger partial charge in [0.1, 0.15) is 18.0 Å². The van der Waals surface area contributed by atoms with Gasteiger partial charge >= 0.3 is 0 Å². The van der Waals surface area contributed by atoms with Gasteiger partial charge < -0.3 is 14.7 Å². The molecule has 0 unspecified atom stereocenters. The average molecular weight is 311 g/mol. The van der Waals surface area contributed by atoms with Gasteiger partial charge in [-0.3, -0.25) is 4.79 Å². The molecule has 120 valence electrons. The van der Waals surface area contributed by atoms with E-state index in [0.717, 1.165) is 25.1 Å². The molecular formula is C19H21NO3. The van der Waals surface area contributed by atoms with E-state index >= 15 is 0 Å². The molecular weight excluding hydrogens is 290 g/mol. The number of nitrogens with zero attached hydrogens (tertiary/aromatic N) is 1. The summed E-state index contributed by atoms with van der Waals surface area (Å²) in [6.45, 7) is 2.60. The highest BCUT2D eigenvalue weighted by molar-refractivity contribution is 5.98. The molecule has 2 heterocycles. The first kappa shape index (κ1) is 13.8. The number of rotatable bonds is 1. The summed E-state index contributed by atoms with van der Waals surface area (Å²) >= 11 is 0. The Morgan fingerprint density at radius 3 is 3.00 bits per heavy atom. The van der Waals surface area contributed by atoms with Gasteiger partial charge in [0.2, 0.25) is 0 Å². The second kappa shape index (κ2) is 4.25. The third kappa shape index (κ3) is 1.47. The highest BCUT2D eigenvalue weighted by Gasteiger charge is 2.64. The number of aliphatic hydroxyl groups is 1. The van der Waals surface area contributed by atoms with Crippen molar-refractivity contribution in [1.29, 1.82) is 0 Å². The van der Waals surface area contributed by atoms with Gasteiger partial charge in [-0.2, -0.15) is 0 Å². The molecule has 2 aliphatic heterocycles. The fraction of sp³-hybridized carbons (Fsp3) is 0.526. The second-order valence-electron chi connectivity index (χ2n) is 7.51. The molecule has 1 N–H and O–H groups in total. The van der Waals surface area contributed by atoms with E-state index in [0.29, 0.717) is 17.5 Å². The molecule has 1 fully saturated rings. The van der Waals surface area contributed by atoms with Crippen molar-refractivity contribution in [3.8, 4) is 5.75 Å². The van der Waals surface area contributed by atoms with Crippen molar-refractivity contribution in [3.05, 3.63) is 41.0 Å². The molecule has 1 aromatic carbocycles. The van der Waals surface area contributed by atoms with Crippen molar-refractivity contribution >= 4 is 5.78 Å². The maximum atomic E-state index is 12.1. The number of piperidine rings is 1. The van der Waals surface area contributed by atoms with E-state index in [1.165, 1.54) is 11.1 Å². The lowest BCUT2D eigenvalue weighted by Crippen LogP contribution is -2.64. The maximum Gasteiger partial charge on any atom is 0.163 e. The van der Waals surface area contributed by atoms with Crippen LogP contribution in [0.3, 0.4) is 0 Å². The van der Waals surface area contributed by atoms with Gasteiger partial charge in [-0.25, -0.2) is 0 Å². The van der Waals surface area contributed by atoms with Crippen molar-refractivity contribution in [2.24, 2.45) is 5.92 Å². The van der Waals surface area contributed by atoms with Crippen LogP contribution in [0.4, 0.5) is 0 Å². The van der Waals surface area contributed by atoms with Crippen LogP contribution in [0.25, 0.3) is 0 Å². The minimum absolute atomic E-state index is 0.0342. The van der Waals surface area contributed by atoms with Gasteiger partial charge in [-0.15, -0.1) is 0 Å². The topological polar surface area (TPSA) is 49.8 Å². The fourth-order valence-electron chi connectivity index (χ4n) is 5.53. The third-order valence-electron chi connectivity index (χ3n) is 6.55.